The Morgan fingerprint density at radius 3 is 2.71 bits per heavy atom. The number of nitrogens with one attached hydrogen (secondary N) is 4. The van der Waals surface area contributed by atoms with Crippen LogP contribution in [0.1, 0.15) is 28.5 Å². The zero-order valence-corrected chi connectivity index (χ0v) is 18.7. The summed E-state index contributed by atoms with van der Waals surface area (Å²) in [7, 11) is 1.56. The van der Waals surface area contributed by atoms with Gasteiger partial charge in [0.15, 0.2) is 0 Å². The average molecular weight is 468 g/mol. The number of anilines is 1. The van der Waals surface area contributed by atoms with E-state index in [0.717, 1.165) is 16.5 Å². The second-order valence-electron chi connectivity index (χ2n) is 8.02. The van der Waals surface area contributed by atoms with Crippen LogP contribution in [0.5, 0.6) is 0 Å². The molecule has 1 aromatic heterocycles. The van der Waals surface area contributed by atoms with E-state index in [-0.39, 0.29) is 36.1 Å². The molecule has 0 bridgehead atoms. The van der Waals surface area contributed by atoms with Crippen molar-refractivity contribution in [1.29, 1.82) is 0 Å². The van der Waals surface area contributed by atoms with Crippen molar-refractivity contribution in [2.75, 3.05) is 32.1 Å². The standard InChI is InChI=1S/C24H26FN5O4/c1-34-9-8-26-24(33)29-18-6-7-20-16(10-18)11-21-23(32)28-14-19(30(20)21)12-22(31)27-13-15-2-4-17(25)5-3-15/h2-7,10-11,19H,8-9,12-14H2,1H3,(H,27,31)(H,28,32)(H2,26,29,33). The van der Waals surface area contributed by atoms with Crippen molar-refractivity contribution in [3.8, 4) is 0 Å². The molecule has 0 aliphatic carbocycles. The minimum absolute atomic E-state index is 0.167. The first kappa shape index (κ1) is 23.2. The molecule has 0 saturated carbocycles. The number of methoxy groups -OCH3 is 1. The molecular weight excluding hydrogens is 441 g/mol. The monoisotopic (exact) mass is 467 g/mol. The second-order valence-corrected chi connectivity index (χ2v) is 8.02. The summed E-state index contributed by atoms with van der Waals surface area (Å²) in [4.78, 5) is 37.1. The number of fused-ring (bicyclic) bond motifs is 3. The molecular formula is C24H26FN5O4. The number of urea groups is 1. The van der Waals surface area contributed by atoms with Gasteiger partial charge < -0.3 is 30.6 Å². The van der Waals surface area contributed by atoms with Gasteiger partial charge in [-0.15, -0.1) is 0 Å². The van der Waals surface area contributed by atoms with E-state index in [1.807, 2.05) is 10.6 Å². The molecule has 34 heavy (non-hydrogen) atoms. The van der Waals surface area contributed by atoms with Crippen molar-refractivity contribution >= 4 is 34.4 Å². The molecule has 1 aliphatic rings. The van der Waals surface area contributed by atoms with E-state index in [0.29, 0.717) is 37.6 Å². The maximum absolute atomic E-state index is 13.1. The van der Waals surface area contributed by atoms with Crippen molar-refractivity contribution in [3.05, 3.63) is 65.6 Å². The second kappa shape index (κ2) is 10.3. The van der Waals surface area contributed by atoms with Gasteiger partial charge in [-0.25, -0.2) is 9.18 Å². The normalized spacial score (nSPS) is 14.9. The number of hydrogen-bond donors (Lipinski definition) is 4. The molecule has 0 fully saturated rings. The third kappa shape index (κ3) is 5.34. The first-order valence-corrected chi connectivity index (χ1v) is 10.9. The van der Waals surface area contributed by atoms with Crippen LogP contribution >= 0.6 is 0 Å². The Hall–Kier alpha value is -3.92. The van der Waals surface area contributed by atoms with Crippen molar-refractivity contribution in [1.82, 2.24) is 20.5 Å². The summed E-state index contributed by atoms with van der Waals surface area (Å²) in [6.45, 7) is 1.41. The van der Waals surface area contributed by atoms with Crippen molar-refractivity contribution in [2.24, 2.45) is 0 Å². The number of rotatable bonds is 8. The summed E-state index contributed by atoms with van der Waals surface area (Å²) in [5.41, 5.74) is 2.63. The zero-order valence-electron chi connectivity index (χ0n) is 18.7. The number of nitrogens with zero attached hydrogens (tertiary/aromatic N) is 1. The highest BCUT2D eigenvalue weighted by Crippen LogP contribution is 2.30. The molecule has 0 saturated heterocycles. The lowest BCUT2D eigenvalue weighted by molar-refractivity contribution is -0.122. The molecule has 3 aromatic rings. The molecule has 2 heterocycles. The van der Waals surface area contributed by atoms with Gasteiger partial charge in [-0.3, -0.25) is 9.59 Å². The van der Waals surface area contributed by atoms with Gasteiger partial charge in [-0.05, 0) is 42.0 Å². The van der Waals surface area contributed by atoms with Crippen LogP contribution in [0.25, 0.3) is 10.9 Å². The fraction of sp³-hybridized carbons (Fsp3) is 0.292. The molecule has 0 spiro atoms. The number of carbonyl (C=O) groups excluding carboxylic acids is 3. The van der Waals surface area contributed by atoms with E-state index in [2.05, 4.69) is 21.3 Å². The van der Waals surface area contributed by atoms with E-state index < -0.39 is 0 Å². The summed E-state index contributed by atoms with van der Waals surface area (Å²) < 4.78 is 19.8. The van der Waals surface area contributed by atoms with E-state index in [1.165, 1.54) is 12.1 Å². The van der Waals surface area contributed by atoms with Crippen molar-refractivity contribution in [3.63, 3.8) is 0 Å². The fourth-order valence-electron chi connectivity index (χ4n) is 3.97. The van der Waals surface area contributed by atoms with Crippen molar-refractivity contribution in [2.45, 2.75) is 19.0 Å². The zero-order chi connectivity index (χ0) is 24.1. The first-order valence-electron chi connectivity index (χ1n) is 10.9. The number of carbonyl (C=O) groups is 3. The lowest BCUT2D eigenvalue weighted by atomic mass is 10.1. The largest absolute Gasteiger partial charge is 0.383 e. The fourth-order valence-corrected chi connectivity index (χ4v) is 3.97. The molecule has 4 N–H and O–H groups in total. The van der Waals surface area contributed by atoms with Gasteiger partial charge in [-0.1, -0.05) is 12.1 Å². The van der Waals surface area contributed by atoms with Crippen LogP contribution in [-0.2, 0) is 16.1 Å². The minimum Gasteiger partial charge on any atom is -0.383 e. The van der Waals surface area contributed by atoms with Gasteiger partial charge in [0.25, 0.3) is 5.91 Å². The van der Waals surface area contributed by atoms with Crippen LogP contribution < -0.4 is 21.3 Å². The van der Waals surface area contributed by atoms with Crippen molar-refractivity contribution < 1.29 is 23.5 Å². The average Bonchev–Trinajstić information content (AvgIpc) is 3.21. The number of amides is 4. The number of halogens is 1. The highest BCUT2D eigenvalue weighted by Gasteiger charge is 2.28. The van der Waals surface area contributed by atoms with E-state index in [9.17, 15) is 18.8 Å². The molecule has 1 unspecified atom stereocenters. The smallest absolute Gasteiger partial charge is 0.319 e. The van der Waals surface area contributed by atoms with Gasteiger partial charge in [0, 0.05) is 49.8 Å². The van der Waals surface area contributed by atoms with Gasteiger partial charge in [0.2, 0.25) is 5.91 Å². The lowest BCUT2D eigenvalue weighted by Gasteiger charge is -2.27. The van der Waals surface area contributed by atoms with Crippen LogP contribution in [0.4, 0.5) is 14.9 Å². The highest BCUT2D eigenvalue weighted by molar-refractivity contribution is 6.01. The summed E-state index contributed by atoms with van der Waals surface area (Å²) in [5, 5.41) is 11.9. The van der Waals surface area contributed by atoms with Crippen LogP contribution in [-0.4, -0.2) is 49.2 Å². The maximum atomic E-state index is 13.1. The third-order valence-electron chi connectivity index (χ3n) is 5.61. The molecule has 1 atom stereocenters. The molecule has 10 heteroatoms. The number of hydrogen-bond acceptors (Lipinski definition) is 4. The van der Waals surface area contributed by atoms with E-state index >= 15 is 0 Å². The first-order chi connectivity index (χ1) is 16.4. The number of ether oxygens (including phenoxy) is 1. The Bertz CT molecular complexity index is 1210. The van der Waals surface area contributed by atoms with Crippen LogP contribution in [0.15, 0.2) is 48.5 Å². The maximum Gasteiger partial charge on any atom is 0.319 e. The topological polar surface area (TPSA) is 113 Å². The summed E-state index contributed by atoms with van der Waals surface area (Å²) in [6.07, 6.45) is 0.167. The predicted octanol–water partition coefficient (Wildman–Crippen LogP) is 2.54. The molecule has 178 valence electrons. The van der Waals surface area contributed by atoms with Gasteiger partial charge in [-0.2, -0.15) is 0 Å². The molecule has 2 aromatic carbocycles. The Morgan fingerprint density at radius 2 is 1.94 bits per heavy atom. The van der Waals surface area contributed by atoms with Crippen LogP contribution in [0.2, 0.25) is 0 Å². The minimum atomic E-state index is -0.353. The Labute approximate surface area is 195 Å². The van der Waals surface area contributed by atoms with Gasteiger partial charge in [0.1, 0.15) is 11.5 Å². The van der Waals surface area contributed by atoms with Gasteiger partial charge >= 0.3 is 6.03 Å². The predicted molar refractivity (Wildman–Crippen MR) is 125 cm³/mol. The summed E-state index contributed by atoms with van der Waals surface area (Å²) in [6, 6.07) is 12.4. The Kier molecular flexibility index (Phi) is 7.07. The quantitative estimate of drug-likeness (QED) is 0.381. The number of benzene rings is 2. The molecule has 9 nitrogen and oxygen atoms in total. The molecule has 0 radical (unpaired) electrons. The molecule has 4 amide bonds. The lowest BCUT2D eigenvalue weighted by Crippen LogP contribution is -2.40. The van der Waals surface area contributed by atoms with Gasteiger partial charge in [0.05, 0.1) is 12.6 Å². The Morgan fingerprint density at radius 1 is 1.15 bits per heavy atom. The van der Waals surface area contributed by atoms with Crippen LogP contribution in [0, 0.1) is 5.82 Å². The Balaban J connectivity index is 1.47. The molecule has 1 aliphatic heterocycles. The van der Waals surface area contributed by atoms with E-state index in [1.54, 1.807) is 37.4 Å². The highest BCUT2D eigenvalue weighted by atomic mass is 19.1. The summed E-state index contributed by atoms with van der Waals surface area (Å²) in [5.74, 6) is -0.722. The number of aromatic nitrogens is 1. The molecule has 4 rings (SSSR count). The van der Waals surface area contributed by atoms with Crippen LogP contribution in [0.3, 0.4) is 0 Å². The third-order valence-corrected chi connectivity index (χ3v) is 5.61. The van der Waals surface area contributed by atoms with E-state index in [4.69, 9.17) is 4.74 Å². The summed E-state index contributed by atoms with van der Waals surface area (Å²) >= 11 is 0. The SMILES string of the molecule is COCCNC(=O)Nc1ccc2c(c1)cc1n2C(CC(=O)NCc2ccc(F)cc2)CNC1=O.